The number of nitro benzene ring substituents is 1. The van der Waals surface area contributed by atoms with Gasteiger partial charge in [-0.3, -0.25) is 15.5 Å². The van der Waals surface area contributed by atoms with Crippen LogP contribution in [-0.2, 0) is 4.74 Å². The van der Waals surface area contributed by atoms with Gasteiger partial charge in [0.05, 0.1) is 17.2 Å². The SMILES string of the molecule is CCOC(=O)NNc1ccc2cc([N+](=O)[O-])ccc2c1. The number of carbonyl (C=O) groups excluding carboxylic acids is 1. The third-order valence-electron chi connectivity index (χ3n) is 2.62. The van der Waals surface area contributed by atoms with Crippen LogP contribution in [0.15, 0.2) is 36.4 Å². The molecule has 0 bridgehead atoms. The molecule has 0 fully saturated rings. The summed E-state index contributed by atoms with van der Waals surface area (Å²) in [6.07, 6.45) is -0.573. The monoisotopic (exact) mass is 275 g/mol. The van der Waals surface area contributed by atoms with Gasteiger partial charge in [0.2, 0.25) is 0 Å². The first-order valence-corrected chi connectivity index (χ1v) is 5.97. The Bertz CT molecular complexity index is 657. The lowest BCUT2D eigenvalue weighted by Crippen LogP contribution is -2.29. The van der Waals surface area contributed by atoms with Gasteiger partial charge in [0, 0.05) is 12.1 Å². The maximum atomic E-state index is 11.1. The predicted octanol–water partition coefficient (Wildman–Crippen LogP) is 2.82. The van der Waals surface area contributed by atoms with E-state index < -0.39 is 11.0 Å². The Kier molecular flexibility index (Phi) is 3.99. The average molecular weight is 275 g/mol. The number of nitrogens with one attached hydrogen (secondary N) is 2. The minimum atomic E-state index is -0.573. The molecule has 0 aliphatic rings. The Morgan fingerprint density at radius 1 is 1.25 bits per heavy atom. The van der Waals surface area contributed by atoms with E-state index in [0.717, 1.165) is 10.8 Å². The van der Waals surface area contributed by atoms with Crippen molar-refractivity contribution in [3.05, 3.63) is 46.5 Å². The molecule has 7 nitrogen and oxygen atoms in total. The van der Waals surface area contributed by atoms with Gasteiger partial charge in [-0.2, -0.15) is 0 Å². The van der Waals surface area contributed by atoms with Gasteiger partial charge in [0.1, 0.15) is 0 Å². The molecule has 7 heteroatoms. The number of rotatable bonds is 4. The molecule has 0 atom stereocenters. The number of fused-ring (bicyclic) bond motifs is 1. The minimum absolute atomic E-state index is 0.0443. The molecule has 104 valence electrons. The van der Waals surface area contributed by atoms with Crippen molar-refractivity contribution in [1.82, 2.24) is 5.43 Å². The van der Waals surface area contributed by atoms with Gasteiger partial charge in [-0.15, -0.1) is 0 Å². The van der Waals surface area contributed by atoms with E-state index in [4.69, 9.17) is 4.74 Å². The molecule has 0 heterocycles. The second-order valence-corrected chi connectivity index (χ2v) is 3.97. The summed E-state index contributed by atoms with van der Waals surface area (Å²) >= 11 is 0. The van der Waals surface area contributed by atoms with Gasteiger partial charge in [0.25, 0.3) is 5.69 Å². The molecule has 2 rings (SSSR count). The molecule has 0 aliphatic heterocycles. The fraction of sp³-hybridized carbons (Fsp3) is 0.154. The number of anilines is 1. The van der Waals surface area contributed by atoms with E-state index >= 15 is 0 Å². The van der Waals surface area contributed by atoms with E-state index in [0.29, 0.717) is 5.69 Å². The molecule has 0 aromatic heterocycles. The van der Waals surface area contributed by atoms with E-state index in [-0.39, 0.29) is 12.3 Å². The lowest BCUT2D eigenvalue weighted by atomic mass is 10.1. The number of amides is 1. The number of hydrogen-bond donors (Lipinski definition) is 2. The van der Waals surface area contributed by atoms with Gasteiger partial charge >= 0.3 is 6.09 Å². The zero-order chi connectivity index (χ0) is 14.5. The third-order valence-corrected chi connectivity index (χ3v) is 2.62. The van der Waals surface area contributed by atoms with Crippen molar-refractivity contribution in [2.24, 2.45) is 0 Å². The molecule has 1 amide bonds. The standard InChI is InChI=1S/C13H13N3O4/c1-2-20-13(17)15-14-11-5-3-10-8-12(16(18)19)6-4-9(10)7-11/h3-8,14H,2H2,1H3,(H,15,17). The summed E-state index contributed by atoms with van der Waals surface area (Å²) in [6, 6.07) is 9.80. The van der Waals surface area contributed by atoms with Crippen molar-refractivity contribution >= 4 is 28.2 Å². The Labute approximate surface area is 114 Å². The van der Waals surface area contributed by atoms with Crippen LogP contribution in [0.1, 0.15) is 6.92 Å². The van der Waals surface area contributed by atoms with E-state index in [1.807, 2.05) is 0 Å². The summed E-state index contributed by atoms with van der Waals surface area (Å²) in [5, 5.41) is 12.3. The predicted molar refractivity (Wildman–Crippen MR) is 74.4 cm³/mol. The third kappa shape index (κ3) is 3.14. The molecule has 20 heavy (non-hydrogen) atoms. The summed E-state index contributed by atoms with van der Waals surface area (Å²) in [6.45, 7) is 2.00. The van der Waals surface area contributed by atoms with Crippen LogP contribution in [0.2, 0.25) is 0 Å². The van der Waals surface area contributed by atoms with Crippen LogP contribution in [0.3, 0.4) is 0 Å². The fourth-order valence-corrected chi connectivity index (χ4v) is 1.71. The van der Waals surface area contributed by atoms with Crippen molar-refractivity contribution in [1.29, 1.82) is 0 Å². The van der Waals surface area contributed by atoms with Crippen molar-refractivity contribution in [2.45, 2.75) is 6.92 Å². The zero-order valence-corrected chi connectivity index (χ0v) is 10.8. The van der Waals surface area contributed by atoms with Gasteiger partial charge < -0.3 is 4.74 Å². The van der Waals surface area contributed by atoms with Gasteiger partial charge in [-0.25, -0.2) is 10.2 Å². The summed E-state index contributed by atoms with van der Waals surface area (Å²) in [5.74, 6) is 0. The molecule has 2 N–H and O–H groups in total. The minimum Gasteiger partial charge on any atom is -0.449 e. The lowest BCUT2D eigenvalue weighted by Gasteiger charge is -2.09. The number of nitro groups is 1. The smallest absolute Gasteiger partial charge is 0.425 e. The first kappa shape index (κ1) is 13.6. The van der Waals surface area contributed by atoms with Crippen LogP contribution < -0.4 is 10.9 Å². The molecule has 0 spiro atoms. The normalized spacial score (nSPS) is 10.1. The van der Waals surface area contributed by atoms with Crippen LogP contribution in [0.25, 0.3) is 10.8 Å². The zero-order valence-electron chi connectivity index (χ0n) is 10.8. The van der Waals surface area contributed by atoms with E-state index in [9.17, 15) is 14.9 Å². The Morgan fingerprint density at radius 2 is 1.95 bits per heavy atom. The van der Waals surface area contributed by atoms with E-state index in [1.54, 1.807) is 31.2 Å². The second-order valence-electron chi connectivity index (χ2n) is 3.97. The number of ether oxygens (including phenoxy) is 1. The summed E-state index contributed by atoms with van der Waals surface area (Å²) in [7, 11) is 0. The summed E-state index contributed by atoms with van der Waals surface area (Å²) in [4.78, 5) is 21.4. The highest BCUT2D eigenvalue weighted by atomic mass is 16.6. The number of hydrogen-bond acceptors (Lipinski definition) is 5. The maximum Gasteiger partial charge on any atom is 0.425 e. The molecule has 0 saturated heterocycles. The number of benzene rings is 2. The fourth-order valence-electron chi connectivity index (χ4n) is 1.71. The van der Waals surface area contributed by atoms with Crippen molar-refractivity contribution in [2.75, 3.05) is 12.0 Å². The maximum absolute atomic E-state index is 11.1. The molecule has 0 aliphatic carbocycles. The molecule has 2 aromatic rings. The van der Waals surface area contributed by atoms with Crippen LogP contribution in [0.5, 0.6) is 0 Å². The Morgan fingerprint density at radius 3 is 2.65 bits per heavy atom. The average Bonchev–Trinajstić information content (AvgIpc) is 2.44. The van der Waals surface area contributed by atoms with Crippen LogP contribution in [0.4, 0.5) is 16.2 Å². The van der Waals surface area contributed by atoms with Crippen molar-refractivity contribution in [3.63, 3.8) is 0 Å². The van der Waals surface area contributed by atoms with E-state index in [2.05, 4.69) is 10.9 Å². The van der Waals surface area contributed by atoms with Gasteiger partial charge in [-0.05, 0) is 35.9 Å². The van der Waals surface area contributed by atoms with Gasteiger partial charge in [-0.1, -0.05) is 6.07 Å². The second kappa shape index (κ2) is 5.87. The first-order chi connectivity index (χ1) is 9.60. The number of hydrazine groups is 1. The Hall–Kier alpha value is -2.83. The molecule has 0 radical (unpaired) electrons. The van der Waals surface area contributed by atoms with E-state index in [1.165, 1.54) is 12.1 Å². The highest BCUT2D eigenvalue weighted by Crippen LogP contribution is 2.23. The number of nitrogens with zero attached hydrogens (tertiary/aromatic N) is 1. The Balaban J connectivity index is 2.15. The largest absolute Gasteiger partial charge is 0.449 e. The highest BCUT2D eigenvalue weighted by molar-refractivity contribution is 5.87. The number of carbonyl (C=O) groups is 1. The summed E-state index contributed by atoms with van der Waals surface area (Å²) in [5.41, 5.74) is 5.77. The van der Waals surface area contributed by atoms with Crippen molar-refractivity contribution in [3.8, 4) is 0 Å². The van der Waals surface area contributed by atoms with Crippen LogP contribution >= 0.6 is 0 Å². The van der Waals surface area contributed by atoms with Crippen LogP contribution in [0, 0.1) is 10.1 Å². The van der Waals surface area contributed by atoms with Crippen LogP contribution in [-0.4, -0.2) is 17.6 Å². The highest BCUT2D eigenvalue weighted by Gasteiger charge is 2.06. The van der Waals surface area contributed by atoms with Crippen molar-refractivity contribution < 1.29 is 14.5 Å². The molecule has 0 saturated carbocycles. The lowest BCUT2D eigenvalue weighted by molar-refractivity contribution is -0.384. The topological polar surface area (TPSA) is 93.5 Å². The number of non-ortho nitro benzene ring substituents is 1. The summed E-state index contributed by atoms with van der Waals surface area (Å²) < 4.78 is 4.71. The molecule has 0 unspecified atom stereocenters. The van der Waals surface area contributed by atoms with Gasteiger partial charge in [0.15, 0.2) is 0 Å². The quantitative estimate of drug-likeness (QED) is 0.661. The first-order valence-electron chi connectivity index (χ1n) is 5.97. The molecular weight excluding hydrogens is 262 g/mol. The molecule has 2 aromatic carbocycles. The molecular formula is C13H13N3O4.